The lowest BCUT2D eigenvalue weighted by Gasteiger charge is -2.22. The molecule has 0 saturated heterocycles. The fourth-order valence-electron chi connectivity index (χ4n) is 3.32. The molecule has 2 aromatic carbocycles. The minimum Gasteiger partial charge on any atom is -0.493 e. The molecule has 0 aliphatic heterocycles. The van der Waals surface area contributed by atoms with E-state index in [2.05, 4.69) is 0 Å². The van der Waals surface area contributed by atoms with Crippen LogP contribution in [-0.4, -0.2) is 25.3 Å². The predicted molar refractivity (Wildman–Crippen MR) is 110 cm³/mol. The first kappa shape index (κ1) is 20.1. The molecule has 1 fully saturated rings. The molecule has 1 aliphatic rings. The molecule has 0 radical (unpaired) electrons. The Morgan fingerprint density at radius 2 is 1.82 bits per heavy atom. The molecular weight excluding hydrogens is 354 g/mol. The lowest BCUT2D eigenvalue weighted by molar-refractivity contribution is 0.0210. The molecule has 3 rings (SSSR count). The number of hydrogen-bond acceptors (Lipinski definition) is 5. The fourth-order valence-corrected chi connectivity index (χ4v) is 3.32. The lowest BCUT2D eigenvalue weighted by Crippen LogP contribution is -2.21. The van der Waals surface area contributed by atoms with Gasteiger partial charge in [-0.05, 0) is 68.5 Å². The lowest BCUT2D eigenvalue weighted by atomic mass is 9.98. The van der Waals surface area contributed by atoms with Crippen LogP contribution in [0, 0.1) is 6.92 Å². The highest BCUT2D eigenvalue weighted by Gasteiger charge is 2.19. The zero-order valence-electron chi connectivity index (χ0n) is 16.5. The molecule has 0 aromatic heterocycles. The van der Waals surface area contributed by atoms with Crippen LogP contribution in [0.4, 0.5) is 5.69 Å². The minimum absolute atomic E-state index is 0.0296. The van der Waals surface area contributed by atoms with Crippen LogP contribution in [0.2, 0.25) is 0 Å². The Bertz CT molecular complexity index is 784. The number of nitrogen functional groups attached to an aromatic ring is 1. The van der Waals surface area contributed by atoms with Crippen molar-refractivity contribution >= 4 is 11.7 Å². The van der Waals surface area contributed by atoms with E-state index >= 15 is 0 Å². The Kier molecular flexibility index (Phi) is 7.18. The highest BCUT2D eigenvalue weighted by Crippen LogP contribution is 2.26. The number of rotatable bonds is 8. The van der Waals surface area contributed by atoms with E-state index in [1.54, 1.807) is 18.2 Å². The van der Waals surface area contributed by atoms with Crippen LogP contribution in [0.5, 0.6) is 11.5 Å². The first-order valence-electron chi connectivity index (χ1n) is 10.0. The minimum atomic E-state index is -0.306. The maximum atomic E-state index is 12.4. The first-order chi connectivity index (χ1) is 13.6. The number of carbonyl (C=O) groups is 1. The van der Waals surface area contributed by atoms with Gasteiger partial charge < -0.3 is 19.9 Å². The summed E-state index contributed by atoms with van der Waals surface area (Å²) in [6.07, 6.45) is 6.11. The molecule has 28 heavy (non-hydrogen) atoms. The summed E-state index contributed by atoms with van der Waals surface area (Å²) < 4.78 is 17.1. The Balaban J connectivity index is 1.46. The van der Waals surface area contributed by atoms with Gasteiger partial charge in [-0.25, -0.2) is 4.79 Å². The number of anilines is 1. The molecule has 0 bridgehead atoms. The van der Waals surface area contributed by atoms with Gasteiger partial charge in [0.2, 0.25) is 0 Å². The molecule has 1 saturated carbocycles. The van der Waals surface area contributed by atoms with Gasteiger partial charge in [0.15, 0.2) is 0 Å². The van der Waals surface area contributed by atoms with Crippen molar-refractivity contribution in [3.8, 4) is 11.5 Å². The van der Waals surface area contributed by atoms with Crippen LogP contribution >= 0.6 is 0 Å². The van der Waals surface area contributed by atoms with Crippen molar-refractivity contribution in [2.75, 3.05) is 18.9 Å². The van der Waals surface area contributed by atoms with E-state index in [1.165, 1.54) is 12.0 Å². The number of nitrogens with two attached hydrogens (primary N) is 1. The summed E-state index contributed by atoms with van der Waals surface area (Å²) in [5, 5.41) is 0. The SMILES string of the molecule is Cc1cccc(OCCCOc2cc(C(=O)OC3CCCCC3)ccc2N)c1. The van der Waals surface area contributed by atoms with Crippen LogP contribution in [0.3, 0.4) is 0 Å². The van der Waals surface area contributed by atoms with Crippen LogP contribution < -0.4 is 15.2 Å². The van der Waals surface area contributed by atoms with Crippen molar-refractivity contribution in [2.45, 2.75) is 51.6 Å². The van der Waals surface area contributed by atoms with E-state index in [0.717, 1.165) is 31.4 Å². The number of carbonyl (C=O) groups excluding carboxylic acids is 1. The summed E-state index contributed by atoms with van der Waals surface area (Å²) >= 11 is 0. The zero-order valence-corrected chi connectivity index (χ0v) is 16.5. The first-order valence-corrected chi connectivity index (χ1v) is 10.0. The topological polar surface area (TPSA) is 70.8 Å². The molecule has 5 heteroatoms. The van der Waals surface area contributed by atoms with Crippen molar-refractivity contribution in [3.63, 3.8) is 0 Å². The normalized spacial score (nSPS) is 14.5. The second kappa shape index (κ2) is 10.0. The summed E-state index contributed by atoms with van der Waals surface area (Å²) in [6, 6.07) is 13.0. The van der Waals surface area contributed by atoms with Gasteiger partial charge in [0.05, 0.1) is 24.5 Å². The summed E-state index contributed by atoms with van der Waals surface area (Å²) in [5.74, 6) is 1.06. The van der Waals surface area contributed by atoms with Gasteiger partial charge in [-0.15, -0.1) is 0 Å². The van der Waals surface area contributed by atoms with E-state index < -0.39 is 0 Å². The smallest absolute Gasteiger partial charge is 0.338 e. The Hall–Kier alpha value is -2.69. The molecule has 150 valence electrons. The predicted octanol–water partition coefficient (Wildman–Crippen LogP) is 4.91. The van der Waals surface area contributed by atoms with E-state index in [9.17, 15) is 4.79 Å². The number of hydrogen-bond donors (Lipinski definition) is 1. The average molecular weight is 383 g/mol. The highest BCUT2D eigenvalue weighted by atomic mass is 16.5. The molecular formula is C23H29NO4. The number of benzene rings is 2. The molecule has 2 aromatic rings. The second-order valence-corrected chi connectivity index (χ2v) is 7.28. The van der Waals surface area contributed by atoms with Crippen molar-refractivity contribution in [1.29, 1.82) is 0 Å². The molecule has 0 atom stereocenters. The van der Waals surface area contributed by atoms with E-state index in [1.807, 2.05) is 31.2 Å². The molecule has 0 amide bonds. The fraction of sp³-hybridized carbons (Fsp3) is 0.435. The van der Waals surface area contributed by atoms with Crippen LogP contribution in [0.25, 0.3) is 0 Å². The molecule has 0 spiro atoms. The highest BCUT2D eigenvalue weighted by molar-refractivity contribution is 5.90. The largest absolute Gasteiger partial charge is 0.493 e. The van der Waals surface area contributed by atoms with Gasteiger partial charge in [-0.2, -0.15) is 0 Å². The van der Waals surface area contributed by atoms with E-state index in [4.69, 9.17) is 19.9 Å². The Morgan fingerprint density at radius 3 is 2.61 bits per heavy atom. The quantitative estimate of drug-likeness (QED) is 0.398. The molecule has 5 nitrogen and oxygen atoms in total. The van der Waals surface area contributed by atoms with Gasteiger partial charge in [-0.3, -0.25) is 0 Å². The molecule has 2 N–H and O–H groups in total. The summed E-state index contributed by atoms with van der Waals surface area (Å²) in [5.41, 5.74) is 8.14. The van der Waals surface area contributed by atoms with E-state index in [0.29, 0.717) is 36.6 Å². The van der Waals surface area contributed by atoms with Crippen molar-refractivity contribution in [3.05, 3.63) is 53.6 Å². The summed E-state index contributed by atoms with van der Waals surface area (Å²) in [6.45, 7) is 3.04. The zero-order chi connectivity index (χ0) is 19.8. The third-order valence-electron chi connectivity index (χ3n) is 4.88. The molecule has 0 heterocycles. The third kappa shape index (κ3) is 5.91. The number of ether oxygens (including phenoxy) is 3. The van der Waals surface area contributed by atoms with Gasteiger partial charge in [0, 0.05) is 6.42 Å². The molecule has 0 unspecified atom stereocenters. The van der Waals surface area contributed by atoms with Gasteiger partial charge in [0.1, 0.15) is 17.6 Å². The number of aryl methyl sites for hydroxylation is 1. The van der Waals surface area contributed by atoms with Crippen molar-refractivity contribution < 1.29 is 19.0 Å². The summed E-state index contributed by atoms with van der Waals surface area (Å²) in [7, 11) is 0. The van der Waals surface area contributed by atoms with E-state index in [-0.39, 0.29) is 12.1 Å². The maximum Gasteiger partial charge on any atom is 0.338 e. The van der Waals surface area contributed by atoms with Gasteiger partial charge in [-0.1, -0.05) is 18.6 Å². The number of esters is 1. The third-order valence-corrected chi connectivity index (χ3v) is 4.88. The van der Waals surface area contributed by atoms with Crippen molar-refractivity contribution in [1.82, 2.24) is 0 Å². The maximum absolute atomic E-state index is 12.4. The van der Waals surface area contributed by atoms with Gasteiger partial charge >= 0.3 is 5.97 Å². The standard InChI is InChI=1S/C23H29NO4/c1-17-7-5-10-20(15-17)26-13-6-14-27-22-16-18(11-12-21(22)24)23(25)28-19-8-3-2-4-9-19/h5,7,10-12,15-16,19H,2-4,6,8-9,13-14,24H2,1H3. The monoisotopic (exact) mass is 383 g/mol. The Labute approximate surface area is 166 Å². The van der Waals surface area contributed by atoms with Crippen LogP contribution in [-0.2, 0) is 4.74 Å². The second-order valence-electron chi connectivity index (χ2n) is 7.28. The Morgan fingerprint density at radius 1 is 1.04 bits per heavy atom. The van der Waals surface area contributed by atoms with Gasteiger partial charge in [0.25, 0.3) is 0 Å². The molecule has 1 aliphatic carbocycles. The van der Waals surface area contributed by atoms with Crippen molar-refractivity contribution in [2.24, 2.45) is 0 Å². The average Bonchev–Trinajstić information content (AvgIpc) is 2.70. The summed E-state index contributed by atoms with van der Waals surface area (Å²) in [4.78, 5) is 12.4. The van der Waals surface area contributed by atoms with Crippen LogP contribution in [0.1, 0.15) is 54.4 Å². The van der Waals surface area contributed by atoms with Crippen LogP contribution in [0.15, 0.2) is 42.5 Å².